The minimum atomic E-state index is -0.749. The van der Waals surface area contributed by atoms with Crippen LogP contribution in [0, 0.1) is 0 Å². The quantitative estimate of drug-likeness (QED) is 0.429. The molecule has 0 spiro atoms. The topological polar surface area (TPSA) is 87.5 Å². The highest BCUT2D eigenvalue weighted by molar-refractivity contribution is 6.41. The molecule has 2 amide bonds. The van der Waals surface area contributed by atoms with Crippen LogP contribution in [-0.2, 0) is 9.59 Å². The first-order valence-corrected chi connectivity index (χ1v) is 6.57. The first-order valence-electron chi connectivity index (χ1n) is 6.19. The fraction of sp³-hybridized carbons (Fsp3) is 0.385. The number of nitrogens with zero attached hydrogens (tertiary/aromatic N) is 1. The van der Waals surface area contributed by atoms with Crippen molar-refractivity contribution in [3.8, 4) is 0 Å². The Hall–Kier alpha value is -1.79. The lowest BCUT2D eigenvalue weighted by Crippen LogP contribution is -2.36. The van der Waals surface area contributed by atoms with Crippen LogP contribution in [0.25, 0.3) is 0 Å². The van der Waals surface area contributed by atoms with Gasteiger partial charge in [0.05, 0.1) is 10.7 Å². The Balaban J connectivity index is 2.43. The molecule has 4 N–H and O–H groups in total. The van der Waals surface area contributed by atoms with Crippen molar-refractivity contribution in [3.05, 3.63) is 23.2 Å². The number of hydrogen-bond donors (Lipinski definition) is 3. The summed E-state index contributed by atoms with van der Waals surface area (Å²) in [6, 6.07) is 4.65. The van der Waals surface area contributed by atoms with E-state index in [0.717, 1.165) is 13.0 Å². The Labute approximate surface area is 123 Å². The lowest BCUT2D eigenvalue weighted by Gasteiger charge is -2.10. The number of benzene rings is 1. The molecule has 0 saturated carbocycles. The zero-order valence-electron chi connectivity index (χ0n) is 11.6. The molecular weight excluding hydrogens is 280 g/mol. The fourth-order valence-corrected chi connectivity index (χ4v) is 1.73. The van der Waals surface area contributed by atoms with Crippen molar-refractivity contribution < 1.29 is 9.59 Å². The van der Waals surface area contributed by atoms with Crippen molar-refractivity contribution in [2.75, 3.05) is 38.2 Å². The third kappa shape index (κ3) is 5.46. The zero-order chi connectivity index (χ0) is 15.1. The van der Waals surface area contributed by atoms with E-state index in [4.69, 9.17) is 17.3 Å². The molecule has 1 rings (SSSR count). The van der Waals surface area contributed by atoms with E-state index in [0.29, 0.717) is 22.9 Å². The summed E-state index contributed by atoms with van der Waals surface area (Å²) in [5.74, 6) is -1.43. The van der Waals surface area contributed by atoms with Crippen LogP contribution in [0.2, 0.25) is 5.02 Å². The van der Waals surface area contributed by atoms with Crippen LogP contribution in [-0.4, -0.2) is 43.9 Å². The summed E-state index contributed by atoms with van der Waals surface area (Å²) in [5.41, 5.74) is 6.39. The van der Waals surface area contributed by atoms with E-state index in [-0.39, 0.29) is 0 Å². The molecule has 7 heteroatoms. The van der Waals surface area contributed by atoms with Crippen LogP contribution in [0.4, 0.5) is 11.4 Å². The Morgan fingerprint density at radius 2 is 2.00 bits per heavy atom. The smallest absolute Gasteiger partial charge is 0.313 e. The molecule has 0 unspecified atom stereocenters. The molecule has 0 radical (unpaired) electrons. The summed E-state index contributed by atoms with van der Waals surface area (Å²) < 4.78 is 0. The maximum atomic E-state index is 11.7. The number of carbonyl (C=O) groups excluding carboxylic acids is 2. The van der Waals surface area contributed by atoms with Gasteiger partial charge in [0.2, 0.25) is 0 Å². The molecule has 1 aromatic carbocycles. The summed E-state index contributed by atoms with van der Waals surface area (Å²) in [6.07, 6.45) is 0.772. The Bertz CT molecular complexity index is 491. The number of nitrogen functional groups attached to an aromatic ring is 1. The standard InChI is InChI=1S/C13H19ClN4O2/c1-18(2)7-3-6-16-12(19)13(20)17-11-5-4-9(15)8-10(11)14/h4-5,8H,3,6-7,15H2,1-2H3,(H,16,19)(H,17,20). The van der Waals surface area contributed by atoms with E-state index >= 15 is 0 Å². The van der Waals surface area contributed by atoms with E-state index in [1.807, 2.05) is 19.0 Å². The Morgan fingerprint density at radius 1 is 1.30 bits per heavy atom. The number of amides is 2. The van der Waals surface area contributed by atoms with Crippen molar-refractivity contribution >= 4 is 34.8 Å². The van der Waals surface area contributed by atoms with Gasteiger partial charge in [-0.1, -0.05) is 11.6 Å². The van der Waals surface area contributed by atoms with Gasteiger partial charge in [-0.2, -0.15) is 0 Å². The molecule has 0 aliphatic carbocycles. The first kappa shape index (κ1) is 16.3. The van der Waals surface area contributed by atoms with E-state index < -0.39 is 11.8 Å². The fourth-order valence-electron chi connectivity index (χ4n) is 1.49. The number of anilines is 2. The van der Waals surface area contributed by atoms with Crippen LogP contribution in [0.15, 0.2) is 18.2 Å². The molecule has 6 nitrogen and oxygen atoms in total. The van der Waals surface area contributed by atoms with Gasteiger partial charge in [-0.25, -0.2) is 0 Å². The second-order valence-corrected chi connectivity index (χ2v) is 5.01. The number of hydrogen-bond acceptors (Lipinski definition) is 4. The molecule has 1 aromatic rings. The normalized spacial score (nSPS) is 10.4. The van der Waals surface area contributed by atoms with Crippen molar-refractivity contribution in [2.24, 2.45) is 0 Å². The molecule has 20 heavy (non-hydrogen) atoms. The highest BCUT2D eigenvalue weighted by Gasteiger charge is 2.14. The zero-order valence-corrected chi connectivity index (χ0v) is 12.3. The maximum absolute atomic E-state index is 11.7. The van der Waals surface area contributed by atoms with Crippen LogP contribution in [0.1, 0.15) is 6.42 Å². The lowest BCUT2D eigenvalue weighted by molar-refractivity contribution is -0.136. The highest BCUT2D eigenvalue weighted by Crippen LogP contribution is 2.23. The maximum Gasteiger partial charge on any atom is 0.313 e. The van der Waals surface area contributed by atoms with Crippen LogP contribution in [0.3, 0.4) is 0 Å². The van der Waals surface area contributed by atoms with Crippen molar-refractivity contribution in [2.45, 2.75) is 6.42 Å². The molecular formula is C13H19ClN4O2. The van der Waals surface area contributed by atoms with Crippen LogP contribution >= 0.6 is 11.6 Å². The van der Waals surface area contributed by atoms with Crippen LogP contribution in [0.5, 0.6) is 0 Å². The van der Waals surface area contributed by atoms with Crippen LogP contribution < -0.4 is 16.4 Å². The predicted molar refractivity (Wildman–Crippen MR) is 80.7 cm³/mol. The molecule has 0 aliphatic rings. The minimum Gasteiger partial charge on any atom is -0.399 e. The third-order valence-electron chi connectivity index (χ3n) is 2.52. The minimum absolute atomic E-state index is 0.291. The Morgan fingerprint density at radius 3 is 2.60 bits per heavy atom. The summed E-state index contributed by atoms with van der Waals surface area (Å²) >= 11 is 5.91. The average Bonchev–Trinajstić information content (AvgIpc) is 2.37. The van der Waals surface area contributed by atoms with E-state index in [9.17, 15) is 9.59 Å². The first-order chi connectivity index (χ1) is 9.40. The molecule has 0 fully saturated rings. The number of nitrogens with one attached hydrogen (secondary N) is 2. The number of carbonyl (C=O) groups is 2. The predicted octanol–water partition coefficient (Wildman–Crippen LogP) is 0.929. The lowest BCUT2D eigenvalue weighted by atomic mass is 10.3. The molecule has 0 bridgehead atoms. The average molecular weight is 299 g/mol. The van der Waals surface area contributed by atoms with Crippen molar-refractivity contribution in [3.63, 3.8) is 0 Å². The van der Waals surface area contributed by atoms with Gasteiger partial charge in [0, 0.05) is 12.2 Å². The molecule has 0 heterocycles. The summed E-state index contributed by atoms with van der Waals surface area (Å²) in [7, 11) is 3.88. The van der Waals surface area contributed by atoms with E-state index in [2.05, 4.69) is 10.6 Å². The SMILES string of the molecule is CN(C)CCCNC(=O)C(=O)Nc1ccc(N)cc1Cl. The van der Waals surface area contributed by atoms with Gasteiger partial charge in [0.15, 0.2) is 0 Å². The van der Waals surface area contributed by atoms with Gasteiger partial charge < -0.3 is 21.3 Å². The van der Waals surface area contributed by atoms with Crippen molar-refractivity contribution in [1.82, 2.24) is 10.2 Å². The van der Waals surface area contributed by atoms with Gasteiger partial charge in [-0.05, 0) is 45.3 Å². The van der Waals surface area contributed by atoms with Gasteiger partial charge in [-0.3, -0.25) is 9.59 Å². The van der Waals surface area contributed by atoms with E-state index in [1.54, 1.807) is 12.1 Å². The summed E-state index contributed by atoms with van der Waals surface area (Å²) in [6.45, 7) is 1.28. The van der Waals surface area contributed by atoms with Gasteiger partial charge in [0.1, 0.15) is 0 Å². The summed E-state index contributed by atoms with van der Waals surface area (Å²) in [4.78, 5) is 25.2. The molecule has 0 atom stereocenters. The van der Waals surface area contributed by atoms with Gasteiger partial charge in [0.25, 0.3) is 0 Å². The number of halogens is 1. The molecule has 0 saturated heterocycles. The third-order valence-corrected chi connectivity index (χ3v) is 2.83. The second kappa shape index (κ2) is 7.72. The number of rotatable bonds is 5. The molecule has 0 aromatic heterocycles. The molecule has 110 valence electrons. The Kier molecular flexibility index (Phi) is 6.27. The van der Waals surface area contributed by atoms with Crippen molar-refractivity contribution in [1.29, 1.82) is 0 Å². The largest absolute Gasteiger partial charge is 0.399 e. The van der Waals surface area contributed by atoms with Gasteiger partial charge >= 0.3 is 11.8 Å². The van der Waals surface area contributed by atoms with E-state index in [1.165, 1.54) is 6.07 Å². The summed E-state index contributed by atoms with van der Waals surface area (Å²) in [5, 5.41) is 5.27. The van der Waals surface area contributed by atoms with Gasteiger partial charge in [-0.15, -0.1) is 0 Å². The number of nitrogens with two attached hydrogens (primary N) is 1. The second-order valence-electron chi connectivity index (χ2n) is 4.61. The highest BCUT2D eigenvalue weighted by atomic mass is 35.5. The monoisotopic (exact) mass is 298 g/mol. The molecule has 0 aliphatic heterocycles.